The lowest BCUT2D eigenvalue weighted by Crippen LogP contribution is -2.46. The van der Waals surface area contributed by atoms with Crippen LogP contribution in [0.25, 0.3) is 0 Å². The minimum absolute atomic E-state index is 0.0495. The van der Waals surface area contributed by atoms with Gasteiger partial charge in [0.05, 0.1) is 13.0 Å². The molecule has 1 heterocycles. The third kappa shape index (κ3) is 3.94. The molecular weight excluding hydrogens is 332 g/mol. The lowest BCUT2D eigenvalue weighted by Gasteiger charge is -2.38. The maximum atomic E-state index is 12.5. The molecule has 1 unspecified atom stereocenters. The molecule has 2 aliphatic rings. The first-order chi connectivity index (χ1) is 12.5. The number of hydrogen-bond donors (Lipinski definition) is 2. The Morgan fingerprint density at radius 1 is 1.23 bits per heavy atom. The first-order valence-corrected chi connectivity index (χ1v) is 9.44. The van der Waals surface area contributed by atoms with Crippen molar-refractivity contribution < 1.29 is 19.4 Å². The first kappa shape index (κ1) is 18.5. The van der Waals surface area contributed by atoms with Crippen molar-refractivity contribution in [2.45, 2.75) is 43.9 Å². The Hall–Kier alpha value is -2.24. The number of amides is 2. The maximum Gasteiger partial charge on any atom is 0.317 e. The van der Waals surface area contributed by atoms with Crippen LogP contribution < -0.4 is 10.1 Å². The van der Waals surface area contributed by atoms with Crippen molar-refractivity contribution in [3.05, 3.63) is 29.8 Å². The van der Waals surface area contributed by atoms with Gasteiger partial charge < -0.3 is 20.1 Å². The zero-order chi connectivity index (χ0) is 18.6. The largest absolute Gasteiger partial charge is 0.497 e. The molecular formula is C20H28N2O4. The number of rotatable bonds is 5. The standard InChI is InChI=1S/C20H28N2O4/c1-26-17-7-5-16(6-8-17)20(10-3-2-4-11-20)14-21-19(25)22-12-9-15(13-22)18(23)24/h5-8,15H,2-4,9-14H2,1H3,(H,21,25)(H,23,24). The van der Waals surface area contributed by atoms with Crippen LogP contribution in [0, 0.1) is 5.92 Å². The highest BCUT2D eigenvalue weighted by Crippen LogP contribution is 2.39. The zero-order valence-corrected chi connectivity index (χ0v) is 15.4. The summed E-state index contributed by atoms with van der Waals surface area (Å²) in [5.74, 6) is -0.422. The van der Waals surface area contributed by atoms with Crippen LogP contribution in [0.15, 0.2) is 24.3 Å². The fourth-order valence-corrected chi connectivity index (χ4v) is 4.24. The van der Waals surface area contributed by atoms with Gasteiger partial charge in [-0.25, -0.2) is 4.79 Å². The van der Waals surface area contributed by atoms with Crippen LogP contribution in [0.4, 0.5) is 4.79 Å². The van der Waals surface area contributed by atoms with Crippen LogP contribution in [0.5, 0.6) is 5.75 Å². The number of benzene rings is 1. The number of likely N-dealkylation sites (tertiary alicyclic amines) is 1. The SMILES string of the molecule is COc1ccc(C2(CNC(=O)N3CCC(C(=O)O)C3)CCCCC2)cc1. The number of nitrogens with one attached hydrogen (secondary N) is 1. The molecule has 1 atom stereocenters. The van der Waals surface area contributed by atoms with Crippen molar-refractivity contribution in [1.29, 1.82) is 0 Å². The molecule has 0 radical (unpaired) electrons. The molecule has 26 heavy (non-hydrogen) atoms. The highest BCUT2D eigenvalue weighted by atomic mass is 16.5. The minimum Gasteiger partial charge on any atom is -0.497 e. The average Bonchev–Trinajstić information content (AvgIpc) is 3.18. The summed E-state index contributed by atoms with van der Waals surface area (Å²) in [4.78, 5) is 25.3. The van der Waals surface area contributed by atoms with E-state index in [2.05, 4.69) is 17.4 Å². The smallest absolute Gasteiger partial charge is 0.317 e. The first-order valence-electron chi connectivity index (χ1n) is 9.44. The molecule has 3 rings (SSSR count). The third-order valence-electron chi connectivity index (χ3n) is 5.92. The number of hydrogen-bond acceptors (Lipinski definition) is 3. The molecule has 2 amide bonds. The highest BCUT2D eigenvalue weighted by Gasteiger charge is 2.36. The van der Waals surface area contributed by atoms with E-state index in [1.54, 1.807) is 12.0 Å². The molecule has 1 aliphatic carbocycles. The monoisotopic (exact) mass is 360 g/mol. The molecule has 1 aromatic carbocycles. The van der Waals surface area contributed by atoms with Gasteiger partial charge >= 0.3 is 12.0 Å². The summed E-state index contributed by atoms with van der Waals surface area (Å²) in [7, 11) is 1.66. The van der Waals surface area contributed by atoms with Gasteiger partial charge in [0, 0.05) is 25.0 Å². The number of aliphatic carboxylic acids is 1. The molecule has 1 saturated heterocycles. The Balaban J connectivity index is 1.67. The Kier molecular flexibility index (Phi) is 5.69. The molecule has 2 fully saturated rings. The number of carbonyl (C=O) groups is 2. The van der Waals surface area contributed by atoms with Crippen molar-refractivity contribution in [3.8, 4) is 5.75 Å². The van der Waals surface area contributed by atoms with E-state index in [1.807, 2.05) is 12.1 Å². The Bertz CT molecular complexity index is 638. The lowest BCUT2D eigenvalue weighted by molar-refractivity contribution is -0.141. The van der Waals surface area contributed by atoms with Gasteiger partial charge in [-0.1, -0.05) is 31.4 Å². The van der Waals surface area contributed by atoms with Gasteiger partial charge in [-0.05, 0) is 37.0 Å². The second kappa shape index (κ2) is 7.98. The fourth-order valence-electron chi connectivity index (χ4n) is 4.24. The lowest BCUT2D eigenvalue weighted by atomic mass is 9.69. The summed E-state index contributed by atoms with van der Waals surface area (Å²) < 4.78 is 5.26. The van der Waals surface area contributed by atoms with E-state index in [0.717, 1.165) is 31.4 Å². The Labute approximate surface area is 154 Å². The summed E-state index contributed by atoms with van der Waals surface area (Å²) in [5, 5.41) is 12.2. The van der Waals surface area contributed by atoms with E-state index in [0.29, 0.717) is 26.1 Å². The topological polar surface area (TPSA) is 78.9 Å². The molecule has 6 heteroatoms. The summed E-state index contributed by atoms with van der Waals surface area (Å²) in [6.45, 7) is 1.40. The fraction of sp³-hybridized carbons (Fsp3) is 0.600. The summed E-state index contributed by atoms with van der Waals surface area (Å²) in [5.41, 5.74) is 1.19. The number of carboxylic acids is 1. The number of urea groups is 1. The Morgan fingerprint density at radius 3 is 2.50 bits per heavy atom. The zero-order valence-electron chi connectivity index (χ0n) is 15.4. The summed E-state index contributed by atoms with van der Waals surface area (Å²) in [6, 6.07) is 8.02. The predicted molar refractivity (Wildman–Crippen MR) is 98.5 cm³/mol. The van der Waals surface area contributed by atoms with Crippen molar-refractivity contribution in [3.63, 3.8) is 0 Å². The normalized spacial score (nSPS) is 22.0. The molecule has 142 valence electrons. The molecule has 0 aromatic heterocycles. The Morgan fingerprint density at radius 2 is 1.92 bits per heavy atom. The molecule has 1 aliphatic heterocycles. The van der Waals surface area contributed by atoms with E-state index in [1.165, 1.54) is 12.0 Å². The van der Waals surface area contributed by atoms with Gasteiger partial charge in [-0.15, -0.1) is 0 Å². The van der Waals surface area contributed by atoms with Crippen LogP contribution in [0.3, 0.4) is 0 Å². The average molecular weight is 360 g/mol. The van der Waals surface area contributed by atoms with Crippen LogP contribution in [-0.4, -0.2) is 48.8 Å². The molecule has 1 aromatic rings. The van der Waals surface area contributed by atoms with Gasteiger partial charge in [0.15, 0.2) is 0 Å². The minimum atomic E-state index is -0.817. The van der Waals surface area contributed by atoms with E-state index in [4.69, 9.17) is 9.84 Å². The summed E-state index contributed by atoms with van der Waals surface area (Å²) >= 11 is 0. The maximum absolute atomic E-state index is 12.5. The number of ether oxygens (including phenoxy) is 1. The molecule has 2 N–H and O–H groups in total. The van der Waals surface area contributed by atoms with Gasteiger partial charge in [-0.2, -0.15) is 0 Å². The molecule has 0 spiro atoms. The number of nitrogens with zero attached hydrogens (tertiary/aromatic N) is 1. The summed E-state index contributed by atoms with van der Waals surface area (Å²) in [6.07, 6.45) is 6.19. The van der Waals surface area contributed by atoms with Crippen LogP contribution in [-0.2, 0) is 10.2 Å². The number of carboxylic acid groups (broad SMARTS) is 1. The van der Waals surface area contributed by atoms with Crippen LogP contribution >= 0.6 is 0 Å². The van der Waals surface area contributed by atoms with Crippen molar-refractivity contribution in [1.82, 2.24) is 10.2 Å². The van der Waals surface area contributed by atoms with E-state index in [9.17, 15) is 9.59 Å². The number of methoxy groups -OCH3 is 1. The van der Waals surface area contributed by atoms with Gasteiger partial charge in [-0.3, -0.25) is 4.79 Å². The van der Waals surface area contributed by atoms with Gasteiger partial charge in [0.25, 0.3) is 0 Å². The van der Waals surface area contributed by atoms with E-state index >= 15 is 0 Å². The van der Waals surface area contributed by atoms with Crippen molar-refractivity contribution in [2.24, 2.45) is 5.92 Å². The molecule has 6 nitrogen and oxygen atoms in total. The highest BCUT2D eigenvalue weighted by molar-refractivity contribution is 5.77. The molecule has 1 saturated carbocycles. The number of carbonyl (C=O) groups excluding carboxylic acids is 1. The molecule has 0 bridgehead atoms. The van der Waals surface area contributed by atoms with Crippen LogP contribution in [0.2, 0.25) is 0 Å². The van der Waals surface area contributed by atoms with E-state index in [-0.39, 0.29) is 11.4 Å². The van der Waals surface area contributed by atoms with Gasteiger partial charge in [0.2, 0.25) is 0 Å². The van der Waals surface area contributed by atoms with Crippen LogP contribution in [0.1, 0.15) is 44.1 Å². The second-order valence-corrected chi connectivity index (χ2v) is 7.50. The third-order valence-corrected chi connectivity index (χ3v) is 5.92. The van der Waals surface area contributed by atoms with Crippen molar-refractivity contribution in [2.75, 3.05) is 26.7 Å². The van der Waals surface area contributed by atoms with Crippen molar-refractivity contribution >= 4 is 12.0 Å². The second-order valence-electron chi connectivity index (χ2n) is 7.50. The van der Waals surface area contributed by atoms with E-state index < -0.39 is 11.9 Å². The quantitative estimate of drug-likeness (QED) is 0.846. The van der Waals surface area contributed by atoms with Gasteiger partial charge in [0.1, 0.15) is 5.75 Å². The predicted octanol–water partition coefficient (Wildman–Crippen LogP) is 3.01.